The molecule has 0 saturated carbocycles. The molecule has 1 aliphatic carbocycles. The van der Waals surface area contributed by atoms with E-state index in [0.717, 1.165) is 51.8 Å². The highest BCUT2D eigenvalue weighted by atomic mass is 16.5. The van der Waals surface area contributed by atoms with Crippen LogP contribution in [-0.4, -0.2) is 10.9 Å². The van der Waals surface area contributed by atoms with Crippen LogP contribution in [0.5, 0.6) is 11.5 Å². The number of allylic oxidation sites excluding steroid dienone is 2. The SMILES string of the molecule is O=C1CCCC2=C1C(c1cccc(O)c1)c1ccc3ccccc3c1O2. The fraction of sp³-hybridized carbons (Fsp3) is 0.174. The summed E-state index contributed by atoms with van der Waals surface area (Å²) in [6, 6.07) is 19.5. The molecule has 0 spiro atoms. The van der Waals surface area contributed by atoms with Crippen LogP contribution in [0.2, 0.25) is 0 Å². The predicted molar refractivity (Wildman–Crippen MR) is 100 cm³/mol. The molecule has 3 aromatic rings. The molecule has 3 heteroatoms. The summed E-state index contributed by atoms with van der Waals surface area (Å²) < 4.78 is 6.30. The minimum atomic E-state index is -0.196. The molecule has 1 atom stereocenters. The number of ether oxygens (including phenoxy) is 1. The standard InChI is InChI=1S/C23H18O3/c24-16-7-3-6-15(13-16)21-18-12-11-14-5-1-2-8-17(14)23(18)26-20-10-4-9-19(25)22(20)21/h1-3,5-8,11-13,21,24H,4,9-10H2. The predicted octanol–water partition coefficient (Wildman–Crippen LogP) is 5.08. The Hall–Kier alpha value is -3.07. The van der Waals surface area contributed by atoms with Gasteiger partial charge in [-0.3, -0.25) is 4.79 Å². The van der Waals surface area contributed by atoms with E-state index in [0.29, 0.717) is 6.42 Å². The number of benzene rings is 3. The third-order valence-electron chi connectivity index (χ3n) is 5.35. The van der Waals surface area contributed by atoms with Gasteiger partial charge in [-0.05, 0) is 29.5 Å². The van der Waals surface area contributed by atoms with Gasteiger partial charge in [0.15, 0.2) is 5.78 Å². The van der Waals surface area contributed by atoms with E-state index in [2.05, 4.69) is 24.3 Å². The smallest absolute Gasteiger partial charge is 0.163 e. The zero-order valence-electron chi connectivity index (χ0n) is 14.2. The molecule has 0 amide bonds. The van der Waals surface area contributed by atoms with Crippen molar-refractivity contribution in [3.05, 3.63) is 83.1 Å². The summed E-state index contributed by atoms with van der Waals surface area (Å²) in [5, 5.41) is 12.2. The Morgan fingerprint density at radius 1 is 0.962 bits per heavy atom. The first kappa shape index (κ1) is 15.2. The van der Waals surface area contributed by atoms with Crippen LogP contribution in [0.4, 0.5) is 0 Å². The van der Waals surface area contributed by atoms with Crippen LogP contribution >= 0.6 is 0 Å². The van der Waals surface area contributed by atoms with E-state index in [1.165, 1.54) is 0 Å². The third kappa shape index (κ3) is 2.24. The van der Waals surface area contributed by atoms with Crippen molar-refractivity contribution in [3.8, 4) is 11.5 Å². The highest BCUT2D eigenvalue weighted by molar-refractivity contribution is 6.01. The average Bonchev–Trinajstić information content (AvgIpc) is 2.66. The van der Waals surface area contributed by atoms with Crippen molar-refractivity contribution in [2.24, 2.45) is 0 Å². The van der Waals surface area contributed by atoms with Gasteiger partial charge in [-0.1, -0.05) is 48.5 Å². The number of carbonyl (C=O) groups excluding carboxylic acids is 1. The van der Waals surface area contributed by atoms with Crippen molar-refractivity contribution in [1.82, 2.24) is 0 Å². The van der Waals surface area contributed by atoms with Gasteiger partial charge in [0.25, 0.3) is 0 Å². The van der Waals surface area contributed by atoms with Crippen LogP contribution < -0.4 is 4.74 Å². The van der Waals surface area contributed by atoms with Gasteiger partial charge >= 0.3 is 0 Å². The van der Waals surface area contributed by atoms with Gasteiger partial charge in [0, 0.05) is 35.3 Å². The Morgan fingerprint density at radius 2 is 1.85 bits per heavy atom. The first-order valence-corrected chi connectivity index (χ1v) is 8.97. The van der Waals surface area contributed by atoms with Gasteiger partial charge in [-0.25, -0.2) is 0 Å². The van der Waals surface area contributed by atoms with E-state index in [-0.39, 0.29) is 17.5 Å². The molecule has 128 valence electrons. The number of carbonyl (C=O) groups is 1. The Labute approximate surface area is 151 Å². The lowest BCUT2D eigenvalue weighted by Gasteiger charge is -2.33. The Kier molecular flexibility index (Phi) is 3.35. The minimum absolute atomic E-state index is 0.151. The van der Waals surface area contributed by atoms with Crippen LogP contribution in [0.1, 0.15) is 36.3 Å². The molecular weight excluding hydrogens is 324 g/mol. The summed E-state index contributed by atoms with van der Waals surface area (Å²) in [7, 11) is 0. The lowest BCUT2D eigenvalue weighted by atomic mass is 9.76. The normalized spacial score (nSPS) is 19.1. The molecule has 1 unspecified atom stereocenters. The first-order chi connectivity index (χ1) is 12.7. The van der Waals surface area contributed by atoms with Crippen molar-refractivity contribution in [2.45, 2.75) is 25.2 Å². The van der Waals surface area contributed by atoms with Gasteiger partial charge in [0.05, 0.1) is 0 Å². The molecule has 3 aromatic carbocycles. The molecule has 0 bridgehead atoms. The Bertz CT molecular complexity index is 1080. The summed E-state index contributed by atoms with van der Waals surface area (Å²) in [6.07, 6.45) is 2.16. The fourth-order valence-electron chi connectivity index (χ4n) is 4.19. The molecule has 2 aliphatic rings. The molecular formula is C23H18O3. The summed E-state index contributed by atoms with van der Waals surface area (Å²) in [5.41, 5.74) is 2.67. The van der Waals surface area contributed by atoms with Gasteiger partial charge in [-0.15, -0.1) is 0 Å². The number of hydrogen-bond acceptors (Lipinski definition) is 3. The van der Waals surface area contributed by atoms with E-state index >= 15 is 0 Å². The summed E-state index contributed by atoms with van der Waals surface area (Å²) in [6.45, 7) is 0. The maximum Gasteiger partial charge on any atom is 0.163 e. The van der Waals surface area contributed by atoms with Crippen LogP contribution in [-0.2, 0) is 4.79 Å². The number of ketones is 1. The summed E-state index contributed by atoms with van der Waals surface area (Å²) >= 11 is 0. The summed E-state index contributed by atoms with van der Waals surface area (Å²) in [4.78, 5) is 12.8. The van der Waals surface area contributed by atoms with Crippen molar-refractivity contribution in [2.75, 3.05) is 0 Å². The number of Topliss-reactive ketones (excluding diaryl/α,β-unsaturated/α-hetero) is 1. The summed E-state index contributed by atoms with van der Waals surface area (Å²) in [5.74, 6) is 1.79. The molecule has 0 aromatic heterocycles. The molecule has 0 saturated heterocycles. The highest BCUT2D eigenvalue weighted by Crippen LogP contribution is 2.49. The Balaban J connectivity index is 1.81. The lowest BCUT2D eigenvalue weighted by Crippen LogP contribution is -2.25. The maximum atomic E-state index is 12.8. The number of fused-ring (bicyclic) bond motifs is 3. The van der Waals surface area contributed by atoms with Gasteiger partial charge in [0.1, 0.15) is 17.3 Å². The zero-order chi connectivity index (χ0) is 17.7. The monoisotopic (exact) mass is 342 g/mol. The topological polar surface area (TPSA) is 46.5 Å². The highest BCUT2D eigenvalue weighted by Gasteiger charge is 2.37. The minimum Gasteiger partial charge on any atom is -0.508 e. The Morgan fingerprint density at radius 3 is 2.73 bits per heavy atom. The second kappa shape index (κ2) is 5.73. The van der Waals surface area contributed by atoms with Crippen molar-refractivity contribution in [1.29, 1.82) is 0 Å². The van der Waals surface area contributed by atoms with Crippen molar-refractivity contribution < 1.29 is 14.6 Å². The number of aromatic hydroxyl groups is 1. The quantitative estimate of drug-likeness (QED) is 0.671. The van der Waals surface area contributed by atoms with Crippen molar-refractivity contribution in [3.63, 3.8) is 0 Å². The van der Waals surface area contributed by atoms with E-state index in [1.54, 1.807) is 12.1 Å². The maximum absolute atomic E-state index is 12.8. The first-order valence-electron chi connectivity index (χ1n) is 8.97. The molecule has 1 aliphatic heterocycles. The second-order valence-corrected chi connectivity index (χ2v) is 6.95. The molecule has 3 nitrogen and oxygen atoms in total. The van der Waals surface area contributed by atoms with Crippen LogP contribution in [0.25, 0.3) is 10.8 Å². The zero-order valence-corrected chi connectivity index (χ0v) is 14.2. The average molecular weight is 342 g/mol. The number of phenols is 1. The van der Waals surface area contributed by atoms with Crippen LogP contribution in [0.15, 0.2) is 72.0 Å². The van der Waals surface area contributed by atoms with Gasteiger partial charge < -0.3 is 9.84 Å². The lowest BCUT2D eigenvalue weighted by molar-refractivity contribution is -0.116. The van der Waals surface area contributed by atoms with E-state index in [4.69, 9.17) is 4.74 Å². The molecule has 1 heterocycles. The second-order valence-electron chi connectivity index (χ2n) is 6.95. The molecule has 1 N–H and O–H groups in total. The molecule has 5 rings (SSSR count). The molecule has 26 heavy (non-hydrogen) atoms. The molecule has 0 radical (unpaired) electrons. The van der Waals surface area contributed by atoms with E-state index < -0.39 is 0 Å². The number of phenolic OH excluding ortho intramolecular Hbond substituents is 1. The fourth-order valence-corrected chi connectivity index (χ4v) is 4.19. The number of hydrogen-bond donors (Lipinski definition) is 1. The van der Waals surface area contributed by atoms with Crippen LogP contribution in [0, 0.1) is 0 Å². The van der Waals surface area contributed by atoms with Gasteiger partial charge in [0.2, 0.25) is 0 Å². The number of rotatable bonds is 1. The largest absolute Gasteiger partial charge is 0.508 e. The van der Waals surface area contributed by atoms with Crippen LogP contribution in [0.3, 0.4) is 0 Å². The van der Waals surface area contributed by atoms with Gasteiger partial charge in [-0.2, -0.15) is 0 Å². The van der Waals surface area contributed by atoms with E-state index in [1.807, 2.05) is 24.3 Å². The van der Waals surface area contributed by atoms with Crippen molar-refractivity contribution >= 4 is 16.6 Å². The third-order valence-corrected chi connectivity index (χ3v) is 5.35. The molecule has 0 fully saturated rings. The van der Waals surface area contributed by atoms with E-state index in [9.17, 15) is 9.90 Å².